The van der Waals surface area contributed by atoms with Crippen molar-refractivity contribution in [3.05, 3.63) is 58.9 Å². The van der Waals surface area contributed by atoms with E-state index in [1.807, 2.05) is 41.1 Å². The van der Waals surface area contributed by atoms with Crippen molar-refractivity contribution >= 4 is 44.0 Å². The lowest BCUT2D eigenvalue weighted by atomic mass is 10.2. The maximum absolute atomic E-state index is 13.1. The summed E-state index contributed by atoms with van der Waals surface area (Å²) in [5.74, 6) is 0.353. The Hall–Kier alpha value is -3.08. The van der Waals surface area contributed by atoms with Crippen molar-refractivity contribution in [2.24, 2.45) is 0 Å². The Morgan fingerprint density at radius 3 is 2.68 bits per heavy atom. The number of aryl methyl sites for hydroxylation is 1. The number of carbonyl (C=O) groups is 1. The number of nitrogens with one attached hydrogen (secondary N) is 1. The topological polar surface area (TPSA) is 97.2 Å². The van der Waals surface area contributed by atoms with Gasteiger partial charge in [0.05, 0.1) is 21.4 Å². The third kappa shape index (κ3) is 4.36. The Morgan fingerprint density at radius 2 is 1.91 bits per heavy atom. The number of amides is 1. The Morgan fingerprint density at radius 1 is 1.12 bits per heavy atom. The largest absolute Gasteiger partial charge is 0.324 e. The van der Waals surface area contributed by atoms with Crippen LogP contribution in [-0.4, -0.2) is 46.3 Å². The van der Waals surface area contributed by atoms with Gasteiger partial charge in [-0.15, -0.1) is 11.3 Å². The number of hydrogen-bond acceptors (Lipinski definition) is 6. The quantitative estimate of drug-likeness (QED) is 0.431. The van der Waals surface area contributed by atoms with E-state index in [0.717, 1.165) is 35.9 Å². The highest BCUT2D eigenvalue weighted by Gasteiger charge is 2.26. The van der Waals surface area contributed by atoms with Gasteiger partial charge in [0.1, 0.15) is 12.2 Å². The molecule has 8 nitrogen and oxygen atoms in total. The molecule has 5 rings (SSSR count). The maximum Gasteiger partial charge on any atom is 0.244 e. The number of para-hydroxylation sites is 2. The third-order valence-electron chi connectivity index (χ3n) is 6.05. The smallest absolute Gasteiger partial charge is 0.244 e. The fourth-order valence-corrected chi connectivity index (χ4v) is 6.31. The van der Waals surface area contributed by atoms with Gasteiger partial charge in [0.15, 0.2) is 5.82 Å². The first-order valence-corrected chi connectivity index (χ1v) is 13.6. The first-order valence-electron chi connectivity index (χ1n) is 11.2. The van der Waals surface area contributed by atoms with E-state index < -0.39 is 10.0 Å². The average molecular weight is 496 g/mol. The second-order valence-corrected chi connectivity index (χ2v) is 11.0. The van der Waals surface area contributed by atoms with Gasteiger partial charge in [-0.1, -0.05) is 24.6 Å². The zero-order chi connectivity index (χ0) is 23.7. The van der Waals surface area contributed by atoms with Gasteiger partial charge < -0.3 is 9.88 Å². The Kier molecular flexibility index (Phi) is 6.20. The standard InChI is InChI=1S/C24H25N5O3S2/c1-17-9-10-18(34(31,32)28-11-5-2-6-12-28)13-20(17)26-23(30)14-29-22-8-4-3-7-19(22)27-24(29)21-15-33-16-25-21/h3-4,7-10,13,15-16H,2,5-6,11-12,14H2,1H3,(H,26,30). The number of aromatic nitrogens is 3. The lowest BCUT2D eigenvalue weighted by Crippen LogP contribution is -2.35. The van der Waals surface area contributed by atoms with Gasteiger partial charge in [-0.2, -0.15) is 4.31 Å². The van der Waals surface area contributed by atoms with E-state index in [2.05, 4.69) is 15.3 Å². The van der Waals surface area contributed by atoms with E-state index in [-0.39, 0.29) is 17.3 Å². The molecule has 2 aromatic heterocycles. The fraction of sp³-hybridized carbons (Fsp3) is 0.292. The molecule has 0 atom stereocenters. The summed E-state index contributed by atoms with van der Waals surface area (Å²) >= 11 is 1.47. The molecule has 176 valence electrons. The number of piperidine rings is 1. The van der Waals surface area contributed by atoms with Crippen LogP contribution in [-0.2, 0) is 21.4 Å². The van der Waals surface area contributed by atoms with Crippen molar-refractivity contribution in [3.63, 3.8) is 0 Å². The summed E-state index contributed by atoms with van der Waals surface area (Å²) in [7, 11) is -3.59. The lowest BCUT2D eigenvalue weighted by molar-refractivity contribution is -0.116. The van der Waals surface area contributed by atoms with Crippen molar-refractivity contribution in [2.75, 3.05) is 18.4 Å². The number of benzene rings is 2. The zero-order valence-corrected chi connectivity index (χ0v) is 20.4. The highest BCUT2D eigenvalue weighted by Crippen LogP contribution is 2.27. The molecule has 0 aliphatic carbocycles. The number of fused-ring (bicyclic) bond motifs is 1. The molecule has 0 saturated carbocycles. The van der Waals surface area contributed by atoms with E-state index in [0.29, 0.717) is 30.3 Å². The monoisotopic (exact) mass is 495 g/mol. The molecule has 1 aliphatic heterocycles. The van der Waals surface area contributed by atoms with E-state index in [9.17, 15) is 13.2 Å². The van der Waals surface area contributed by atoms with Crippen molar-refractivity contribution < 1.29 is 13.2 Å². The van der Waals surface area contributed by atoms with Crippen LogP contribution in [0.3, 0.4) is 0 Å². The minimum Gasteiger partial charge on any atom is -0.324 e. The molecule has 1 amide bonds. The number of anilines is 1. The van der Waals surface area contributed by atoms with Crippen LogP contribution in [0.2, 0.25) is 0 Å². The first kappa shape index (κ1) is 22.7. The van der Waals surface area contributed by atoms with Crippen LogP contribution in [0.1, 0.15) is 24.8 Å². The SMILES string of the molecule is Cc1ccc(S(=O)(=O)N2CCCCC2)cc1NC(=O)Cn1c(-c2cscn2)nc2ccccc21. The summed E-state index contributed by atoms with van der Waals surface area (Å²) in [5.41, 5.74) is 5.34. The molecule has 2 aromatic carbocycles. The van der Waals surface area contributed by atoms with Crippen LogP contribution < -0.4 is 5.32 Å². The minimum atomic E-state index is -3.59. The molecular weight excluding hydrogens is 470 g/mol. The van der Waals surface area contributed by atoms with Crippen LogP contribution >= 0.6 is 11.3 Å². The summed E-state index contributed by atoms with van der Waals surface area (Å²) in [6.45, 7) is 2.94. The molecular formula is C24H25N5O3S2. The van der Waals surface area contributed by atoms with E-state index in [1.54, 1.807) is 23.7 Å². The van der Waals surface area contributed by atoms with Crippen LogP contribution in [0.25, 0.3) is 22.6 Å². The Labute approximate surface area is 202 Å². The van der Waals surface area contributed by atoms with Gasteiger partial charge in [-0.25, -0.2) is 18.4 Å². The summed E-state index contributed by atoms with van der Waals surface area (Å²) in [5, 5.41) is 4.81. The van der Waals surface area contributed by atoms with Gasteiger partial charge >= 0.3 is 0 Å². The van der Waals surface area contributed by atoms with E-state index >= 15 is 0 Å². The van der Waals surface area contributed by atoms with Gasteiger partial charge in [-0.3, -0.25) is 4.79 Å². The predicted octanol–water partition coefficient (Wildman–Crippen LogP) is 4.28. The predicted molar refractivity (Wildman–Crippen MR) is 133 cm³/mol. The number of hydrogen-bond donors (Lipinski definition) is 1. The second kappa shape index (κ2) is 9.28. The molecule has 1 saturated heterocycles. The number of thiazole rings is 1. The number of imidazole rings is 1. The summed E-state index contributed by atoms with van der Waals surface area (Å²) in [4.78, 5) is 22.4. The normalized spacial score (nSPS) is 15.0. The molecule has 3 heterocycles. The molecule has 10 heteroatoms. The Balaban J connectivity index is 1.42. The number of rotatable bonds is 6. The molecule has 4 aromatic rings. The van der Waals surface area contributed by atoms with Crippen molar-refractivity contribution in [1.29, 1.82) is 0 Å². The third-order valence-corrected chi connectivity index (χ3v) is 8.53. The van der Waals surface area contributed by atoms with Gasteiger partial charge in [0, 0.05) is 24.2 Å². The van der Waals surface area contributed by atoms with Crippen LogP contribution in [0.5, 0.6) is 0 Å². The fourth-order valence-electron chi connectivity index (χ4n) is 4.24. The summed E-state index contributed by atoms with van der Waals surface area (Å²) in [6.07, 6.45) is 2.79. The number of nitrogens with zero attached hydrogens (tertiary/aromatic N) is 4. The number of sulfonamides is 1. The molecule has 0 radical (unpaired) electrons. The van der Waals surface area contributed by atoms with Crippen molar-refractivity contribution in [3.8, 4) is 11.5 Å². The summed E-state index contributed by atoms with van der Waals surface area (Å²) in [6, 6.07) is 12.5. The van der Waals surface area contributed by atoms with Crippen LogP contribution in [0.4, 0.5) is 5.69 Å². The average Bonchev–Trinajstić information content (AvgIpc) is 3.49. The highest BCUT2D eigenvalue weighted by atomic mass is 32.2. The molecule has 0 spiro atoms. The molecule has 1 N–H and O–H groups in total. The van der Waals surface area contributed by atoms with Crippen LogP contribution in [0.15, 0.2) is 58.3 Å². The van der Waals surface area contributed by atoms with E-state index in [1.165, 1.54) is 15.6 Å². The molecule has 0 unspecified atom stereocenters. The lowest BCUT2D eigenvalue weighted by Gasteiger charge is -2.26. The van der Waals surface area contributed by atoms with Gasteiger partial charge in [0.25, 0.3) is 0 Å². The molecule has 0 bridgehead atoms. The van der Waals surface area contributed by atoms with Crippen LogP contribution in [0, 0.1) is 6.92 Å². The molecule has 34 heavy (non-hydrogen) atoms. The molecule has 1 aliphatic rings. The first-order chi connectivity index (χ1) is 16.4. The highest BCUT2D eigenvalue weighted by molar-refractivity contribution is 7.89. The minimum absolute atomic E-state index is 0.0237. The summed E-state index contributed by atoms with van der Waals surface area (Å²) < 4.78 is 29.6. The maximum atomic E-state index is 13.1. The van der Waals surface area contributed by atoms with E-state index in [4.69, 9.17) is 0 Å². The Bertz CT molecular complexity index is 1440. The van der Waals surface area contributed by atoms with Gasteiger partial charge in [-0.05, 0) is 49.6 Å². The van der Waals surface area contributed by atoms with Crippen molar-refractivity contribution in [2.45, 2.75) is 37.6 Å². The second-order valence-electron chi connectivity index (χ2n) is 8.37. The molecule has 1 fully saturated rings. The van der Waals surface area contributed by atoms with Crippen molar-refractivity contribution in [1.82, 2.24) is 18.8 Å². The van der Waals surface area contributed by atoms with Gasteiger partial charge in [0.2, 0.25) is 15.9 Å². The number of carbonyl (C=O) groups excluding carboxylic acids is 1. The zero-order valence-electron chi connectivity index (χ0n) is 18.8.